The van der Waals surface area contributed by atoms with Crippen LogP contribution in [0, 0.1) is 0 Å². The number of rotatable bonds is 6. The van der Waals surface area contributed by atoms with Crippen molar-refractivity contribution in [3.05, 3.63) is 58.7 Å². The van der Waals surface area contributed by atoms with Gasteiger partial charge in [0.05, 0.1) is 25.3 Å². The quantitative estimate of drug-likeness (QED) is 0.321. The Hall–Kier alpha value is -1.58. The molecule has 1 aromatic heterocycles. The smallest absolute Gasteiger partial charge is 0.192 e. The normalized spacial score (nSPS) is 17.8. The summed E-state index contributed by atoms with van der Waals surface area (Å²) in [5.74, 6) is 1.77. The molecular formula is C22H31ClIN5O. The lowest BCUT2D eigenvalue weighted by Crippen LogP contribution is -2.41. The Morgan fingerprint density at radius 1 is 1.33 bits per heavy atom. The van der Waals surface area contributed by atoms with Gasteiger partial charge in [0.2, 0.25) is 0 Å². The topological polar surface area (TPSA) is 61.8 Å². The van der Waals surface area contributed by atoms with Gasteiger partial charge < -0.3 is 20.3 Å². The number of morpholine rings is 1. The number of hydrogen-bond acceptors (Lipinski definition) is 4. The third-order valence-electron chi connectivity index (χ3n) is 4.86. The van der Waals surface area contributed by atoms with E-state index in [4.69, 9.17) is 21.3 Å². The first-order valence-electron chi connectivity index (χ1n) is 10.2. The highest BCUT2D eigenvalue weighted by molar-refractivity contribution is 14.0. The van der Waals surface area contributed by atoms with Gasteiger partial charge in [-0.05, 0) is 56.2 Å². The molecule has 1 aliphatic heterocycles. The van der Waals surface area contributed by atoms with E-state index in [1.807, 2.05) is 36.5 Å². The fourth-order valence-electron chi connectivity index (χ4n) is 3.29. The fraction of sp³-hybridized carbons (Fsp3) is 0.455. The number of benzene rings is 1. The van der Waals surface area contributed by atoms with Gasteiger partial charge in [-0.2, -0.15) is 0 Å². The summed E-state index contributed by atoms with van der Waals surface area (Å²) >= 11 is 5.99. The van der Waals surface area contributed by atoms with Gasteiger partial charge in [0.1, 0.15) is 5.82 Å². The lowest BCUT2D eigenvalue weighted by atomic mass is 10.1. The van der Waals surface area contributed by atoms with Crippen LogP contribution in [0.15, 0.2) is 47.6 Å². The molecule has 2 aromatic rings. The maximum atomic E-state index is 5.99. The van der Waals surface area contributed by atoms with E-state index in [1.54, 1.807) is 0 Å². The molecule has 2 N–H and O–H groups in total. The van der Waals surface area contributed by atoms with Crippen LogP contribution in [0.5, 0.6) is 0 Å². The highest BCUT2D eigenvalue weighted by Crippen LogP contribution is 2.18. The van der Waals surface area contributed by atoms with Crippen LogP contribution < -0.4 is 15.5 Å². The summed E-state index contributed by atoms with van der Waals surface area (Å²) in [5, 5.41) is 7.52. The third-order valence-corrected chi connectivity index (χ3v) is 5.11. The predicted octanol–water partition coefficient (Wildman–Crippen LogP) is 4.39. The average Bonchev–Trinajstić information content (AvgIpc) is 2.73. The Kier molecular flexibility index (Phi) is 10.1. The number of aromatic nitrogens is 1. The van der Waals surface area contributed by atoms with Crippen LogP contribution in [0.2, 0.25) is 5.02 Å². The van der Waals surface area contributed by atoms with Crippen molar-refractivity contribution in [2.24, 2.45) is 4.99 Å². The van der Waals surface area contributed by atoms with Gasteiger partial charge in [-0.1, -0.05) is 23.7 Å². The summed E-state index contributed by atoms with van der Waals surface area (Å²) in [4.78, 5) is 11.6. The molecule has 2 heterocycles. The molecule has 0 aliphatic carbocycles. The number of anilines is 1. The van der Waals surface area contributed by atoms with Gasteiger partial charge in [0, 0.05) is 30.9 Å². The lowest BCUT2D eigenvalue weighted by molar-refractivity contribution is 0.0529. The summed E-state index contributed by atoms with van der Waals surface area (Å²) in [5.41, 5.74) is 2.29. The van der Waals surface area contributed by atoms with E-state index in [1.165, 1.54) is 0 Å². The number of nitrogens with zero attached hydrogens (tertiary/aromatic N) is 3. The maximum Gasteiger partial charge on any atom is 0.192 e. The Morgan fingerprint density at radius 2 is 2.10 bits per heavy atom. The van der Waals surface area contributed by atoms with Crippen LogP contribution in [0.3, 0.4) is 0 Å². The van der Waals surface area contributed by atoms with E-state index in [2.05, 4.69) is 47.4 Å². The second-order valence-electron chi connectivity index (χ2n) is 7.26. The van der Waals surface area contributed by atoms with Crippen LogP contribution >= 0.6 is 35.6 Å². The molecule has 164 valence electrons. The largest absolute Gasteiger partial charge is 0.375 e. The van der Waals surface area contributed by atoms with Crippen LogP contribution in [-0.4, -0.2) is 43.3 Å². The predicted molar refractivity (Wildman–Crippen MR) is 135 cm³/mol. The minimum Gasteiger partial charge on any atom is -0.375 e. The van der Waals surface area contributed by atoms with Crippen LogP contribution in [0.1, 0.15) is 37.9 Å². The number of nitrogens with one attached hydrogen (secondary N) is 2. The molecular weight excluding hydrogens is 513 g/mol. The molecule has 1 aromatic carbocycles. The molecule has 2 atom stereocenters. The summed E-state index contributed by atoms with van der Waals surface area (Å²) in [6.45, 7) is 10.1. The van der Waals surface area contributed by atoms with Crippen molar-refractivity contribution in [3.8, 4) is 0 Å². The third kappa shape index (κ3) is 7.28. The Bertz CT molecular complexity index is 817. The number of halogens is 2. The fourth-order valence-corrected chi connectivity index (χ4v) is 3.41. The first-order valence-corrected chi connectivity index (χ1v) is 10.5. The first kappa shape index (κ1) is 24.7. The minimum absolute atomic E-state index is 0. The van der Waals surface area contributed by atoms with Crippen molar-refractivity contribution in [2.45, 2.75) is 39.5 Å². The number of pyridine rings is 1. The Balaban J connectivity index is 0.00000320. The van der Waals surface area contributed by atoms with Crippen molar-refractivity contribution in [2.75, 3.05) is 31.1 Å². The number of ether oxygens (including phenoxy) is 1. The average molecular weight is 544 g/mol. The molecule has 6 nitrogen and oxygen atoms in total. The van der Waals surface area contributed by atoms with Crippen LogP contribution in [0.4, 0.5) is 5.82 Å². The van der Waals surface area contributed by atoms with Gasteiger partial charge in [0.15, 0.2) is 5.96 Å². The highest BCUT2D eigenvalue weighted by atomic mass is 127. The van der Waals surface area contributed by atoms with Gasteiger partial charge in [-0.25, -0.2) is 9.98 Å². The zero-order chi connectivity index (χ0) is 20.6. The number of aliphatic imine (C=N–C) groups is 1. The second kappa shape index (κ2) is 12.3. The number of hydrogen-bond donors (Lipinski definition) is 2. The van der Waals surface area contributed by atoms with E-state index >= 15 is 0 Å². The van der Waals surface area contributed by atoms with Crippen molar-refractivity contribution < 1.29 is 4.74 Å². The zero-order valence-corrected chi connectivity index (χ0v) is 20.9. The van der Waals surface area contributed by atoms with E-state index in [0.717, 1.165) is 54.2 Å². The molecule has 1 aliphatic rings. The van der Waals surface area contributed by atoms with Crippen LogP contribution in [-0.2, 0) is 11.3 Å². The molecule has 0 amide bonds. The first-order chi connectivity index (χ1) is 14.0. The van der Waals surface area contributed by atoms with Crippen molar-refractivity contribution in [1.29, 1.82) is 0 Å². The maximum absolute atomic E-state index is 5.99. The monoisotopic (exact) mass is 543 g/mol. The summed E-state index contributed by atoms with van der Waals surface area (Å²) < 4.78 is 5.63. The molecule has 0 radical (unpaired) electrons. The molecule has 30 heavy (non-hydrogen) atoms. The Morgan fingerprint density at radius 3 is 2.80 bits per heavy atom. The molecule has 3 rings (SSSR count). The zero-order valence-electron chi connectivity index (χ0n) is 17.8. The van der Waals surface area contributed by atoms with E-state index in [9.17, 15) is 0 Å². The second-order valence-corrected chi connectivity index (χ2v) is 7.70. The molecule has 0 spiro atoms. The van der Waals surface area contributed by atoms with Crippen LogP contribution in [0.25, 0.3) is 0 Å². The van der Waals surface area contributed by atoms with Gasteiger partial charge >= 0.3 is 0 Å². The summed E-state index contributed by atoms with van der Waals surface area (Å²) in [7, 11) is 0. The lowest BCUT2D eigenvalue weighted by Gasteiger charge is -2.32. The summed E-state index contributed by atoms with van der Waals surface area (Å²) in [6.07, 6.45) is 2.09. The highest BCUT2D eigenvalue weighted by Gasteiger charge is 2.18. The molecule has 8 heteroatoms. The van der Waals surface area contributed by atoms with Crippen molar-refractivity contribution in [3.63, 3.8) is 0 Å². The SMILES string of the molecule is CCNC(=NCc1ccnc(N2CCOC(C)C2)c1)NC(C)c1ccc(Cl)cc1.I. The molecule has 1 fully saturated rings. The van der Waals surface area contributed by atoms with Gasteiger partial charge in [-0.3, -0.25) is 0 Å². The van der Waals surface area contributed by atoms with Gasteiger partial charge in [0.25, 0.3) is 0 Å². The van der Waals surface area contributed by atoms with E-state index < -0.39 is 0 Å². The molecule has 0 bridgehead atoms. The van der Waals surface area contributed by atoms with E-state index in [-0.39, 0.29) is 36.1 Å². The minimum atomic E-state index is 0. The van der Waals surface area contributed by atoms with Crippen molar-refractivity contribution >= 4 is 47.4 Å². The molecule has 1 saturated heterocycles. The van der Waals surface area contributed by atoms with Crippen molar-refractivity contribution in [1.82, 2.24) is 15.6 Å². The number of guanidine groups is 1. The molecule has 2 unspecified atom stereocenters. The summed E-state index contributed by atoms with van der Waals surface area (Å²) in [6, 6.07) is 12.1. The standard InChI is InChI=1S/C22H30ClN5O.HI/c1-4-24-22(27-17(3)19-5-7-20(23)8-6-19)26-14-18-9-10-25-21(13-18)28-11-12-29-16(2)15-28;/h5-10,13,16-17H,4,11-12,14-15H2,1-3H3,(H2,24,26,27);1H. The Labute approximate surface area is 201 Å². The molecule has 0 saturated carbocycles. The van der Waals surface area contributed by atoms with E-state index in [0.29, 0.717) is 6.54 Å². The van der Waals surface area contributed by atoms with Gasteiger partial charge in [-0.15, -0.1) is 24.0 Å².